The Morgan fingerprint density at radius 2 is 1.78 bits per heavy atom. The van der Waals surface area contributed by atoms with Crippen LogP contribution in [0.1, 0.15) is 45.9 Å². The molecule has 2 amide bonds. The van der Waals surface area contributed by atoms with Crippen molar-refractivity contribution in [1.82, 2.24) is 24.8 Å². The summed E-state index contributed by atoms with van der Waals surface area (Å²) >= 11 is 0. The number of aryl methyl sites for hydroxylation is 1. The summed E-state index contributed by atoms with van der Waals surface area (Å²) in [5, 5.41) is 9.34. The molecule has 2 aromatic heterocycles. The lowest BCUT2D eigenvalue weighted by Gasteiger charge is -2.18. The second kappa shape index (κ2) is 12.3. The Bertz CT molecular complexity index is 2000. The molecule has 0 spiro atoms. The van der Waals surface area contributed by atoms with Crippen molar-refractivity contribution < 1.29 is 19.1 Å². The van der Waals surface area contributed by atoms with Crippen LogP contribution in [0.25, 0.3) is 22.4 Å². The molecular weight excluding hydrogens is 588 g/mol. The van der Waals surface area contributed by atoms with Gasteiger partial charge in [-0.2, -0.15) is 0 Å². The van der Waals surface area contributed by atoms with E-state index < -0.39 is 17.2 Å². The number of hydrogen-bond acceptors (Lipinski definition) is 8. The van der Waals surface area contributed by atoms with Gasteiger partial charge in [0.25, 0.3) is 11.5 Å². The molecule has 1 saturated heterocycles. The molecule has 3 N–H and O–H groups in total. The van der Waals surface area contributed by atoms with Crippen molar-refractivity contribution in [3.05, 3.63) is 91.8 Å². The Morgan fingerprint density at radius 1 is 1.07 bits per heavy atom. The Labute approximate surface area is 265 Å². The van der Waals surface area contributed by atoms with Gasteiger partial charge in [-0.1, -0.05) is 30.3 Å². The molecule has 1 unspecified atom stereocenters. The fraction of sp³-hybridized carbons (Fsp3) is 0.324. The van der Waals surface area contributed by atoms with Gasteiger partial charge >= 0.3 is 5.69 Å². The van der Waals surface area contributed by atoms with Crippen LogP contribution >= 0.6 is 0 Å². The van der Waals surface area contributed by atoms with Crippen molar-refractivity contribution in [3.63, 3.8) is 0 Å². The molecule has 4 aromatic rings. The van der Waals surface area contributed by atoms with E-state index in [2.05, 4.69) is 16.0 Å². The molecule has 0 radical (unpaired) electrons. The van der Waals surface area contributed by atoms with Crippen LogP contribution in [-0.2, 0) is 18.9 Å². The van der Waals surface area contributed by atoms with E-state index in [4.69, 9.17) is 14.5 Å². The highest BCUT2D eigenvalue weighted by atomic mass is 16.5. The zero-order valence-corrected chi connectivity index (χ0v) is 26.4. The maximum atomic E-state index is 13.2. The van der Waals surface area contributed by atoms with Gasteiger partial charge in [0, 0.05) is 56.6 Å². The molecule has 4 heterocycles. The first-order valence-corrected chi connectivity index (χ1v) is 15.1. The molecule has 238 valence electrons. The van der Waals surface area contributed by atoms with Crippen molar-refractivity contribution in [2.45, 2.75) is 38.8 Å². The van der Waals surface area contributed by atoms with Gasteiger partial charge in [-0.15, -0.1) is 0 Å². The lowest BCUT2D eigenvalue weighted by Crippen LogP contribution is -2.40. The molecule has 46 heavy (non-hydrogen) atoms. The number of rotatable bonds is 8. The van der Waals surface area contributed by atoms with Crippen molar-refractivity contribution >= 4 is 17.5 Å². The number of anilines is 1. The number of methoxy groups -OCH3 is 1. The van der Waals surface area contributed by atoms with Crippen LogP contribution in [-0.4, -0.2) is 52.2 Å². The standard InChI is InChI=1S/C34H36N6O6/c1-18-21(22-9-7-11-25(19(22)2)37-31(42)24-16-39(3)34(44)40(4)33(24)43)8-6-10-23(18)26-14-28-30(32(38-26)45-5)27(17-46-28)35-15-20-12-13-29(41)36-20/h6-11,14,16,20,27,35H,12-13,15,17H2,1-5H3,(H,36,41)(H,37,42)/t20-,27?/m0/s1. The smallest absolute Gasteiger partial charge is 0.330 e. The first kappa shape index (κ1) is 30.8. The van der Waals surface area contributed by atoms with Crippen LogP contribution in [0.15, 0.2) is 58.3 Å². The van der Waals surface area contributed by atoms with E-state index in [1.807, 2.05) is 50.2 Å². The van der Waals surface area contributed by atoms with Crippen LogP contribution in [0.3, 0.4) is 0 Å². The van der Waals surface area contributed by atoms with Gasteiger partial charge < -0.3 is 30.0 Å². The molecule has 0 aliphatic carbocycles. The number of pyridine rings is 1. The number of fused-ring (bicyclic) bond motifs is 1. The molecule has 2 atom stereocenters. The van der Waals surface area contributed by atoms with Gasteiger partial charge in [0.05, 0.1) is 24.4 Å². The SMILES string of the molecule is COc1nc(-c2cccc(-c3cccc(NC(=O)c4cn(C)c(=O)n(C)c4=O)c3C)c2C)cc2c1C(NC[C@@H]1CCC(=O)N1)CO2. The number of nitrogens with zero attached hydrogens (tertiary/aromatic N) is 3. The van der Waals surface area contributed by atoms with Gasteiger partial charge in [-0.05, 0) is 48.6 Å². The largest absolute Gasteiger partial charge is 0.491 e. The first-order chi connectivity index (χ1) is 22.1. The average molecular weight is 625 g/mol. The summed E-state index contributed by atoms with van der Waals surface area (Å²) in [6, 6.07) is 13.5. The molecule has 2 aliphatic rings. The molecule has 1 fully saturated rings. The number of ether oxygens (including phenoxy) is 2. The highest BCUT2D eigenvalue weighted by Crippen LogP contribution is 2.42. The number of amides is 2. The summed E-state index contributed by atoms with van der Waals surface area (Å²) < 4.78 is 14.0. The van der Waals surface area contributed by atoms with Crippen LogP contribution < -0.4 is 36.7 Å². The Morgan fingerprint density at radius 3 is 2.50 bits per heavy atom. The molecule has 2 aliphatic heterocycles. The second-order valence-electron chi connectivity index (χ2n) is 11.7. The number of carbonyl (C=O) groups is 2. The van der Waals surface area contributed by atoms with E-state index in [9.17, 15) is 19.2 Å². The summed E-state index contributed by atoms with van der Waals surface area (Å²) in [6.07, 6.45) is 2.61. The summed E-state index contributed by atoms with van der Waals surface area (Å²) in [6.45, 7) is 4.99. The quantitative estimate of drug-likeness (QED) is 0.271. The Kier molecular flexibility index (Phi) is 8.22. The fourth-order valence-corrected chi connectivity index (χ4v) is 6.20. The summed E-state index contributed by atoms with van der Waals surface area (Å²) in [7, 11) is 4.43. The Balaban J connectivity index is 1.29. The molecule has 12 heteroatoms. The zero-order chi connectivity index (χ0) is 32.7. The Hall–Kier alpha value is -5.23. The van der Waals surface area contributed by atoms with Gasteiger partial charge in [0.2, 0.25) is 11.8 Å². The van der Waals surface area contributed by atoms with Gasteiger partial charge in [0.15, 0.2) is 0 Å². The van der Waals surface area contributed by atoms with E-state index in [-0.39, 0.29) is 23.6 Å². The second-order valence-corrected chi connectivity index (χ2v) is 11.7. The lowest BCUT2D eigenvalue weighted by molar-refractivity contribution is -0.119. The van der Waals surface area contributed by atoms with Crippen molar-refractivity contribution in [3.8, 4) is 34.0 Å². The molecule has 2 aromatic carbocycles. The lowest BCUT2D eigenvalue weighted by atomic mass is 9.91. The predicted molar refractivity (Wildman–Crippen MR) is 173 cm³/mol. The van der Waals surface area contributed by atoms with Crippen LogP contribution in [0.4, 0.5) is 5.69 Å². The summed E-state index contributed by atoms with van der Waals surface area (Å²) in [4.78, 5) is 54.4. The van der Waals surface area contributed by atoms with E-state index in [1.54, 1.807) is 13.2 Å². The number of benzene rings is 2. The fourth-order valence-electron chi connectivity index (χ4n) is 6.20. The van der Waals surface area contributed by atoms with Gasteiger partial charge in [-0.25, -0.2) is 9.78 Å². The first-order valence-electron chi connectivity index (χ1n) is 15.1. The predicted octanol–water partition coefficient (Wildman–Crippen LogP) is 2.99. The minimum atomic E-state index is -0.663. The molecule has 0 bridgehead atoms. The van der Waals surface area contributed by atoms with Crippen molar-refractivity contribution in [2.24, 2.45) is 14.1 Å². The number of carbonyl (C=O) groups excluding carboxylic acids is 2. The maximum absolute atomic E-state index is 13.2. The number of hydrogen-bond donors (Lipinski definition) is 3. The zero-order valence-electron chi connectivity index (χ0n) is 26.4. The normalized spacial score (nSPS) is 16.9. The van der Waals surface area contributed by atoms with Gasteiger partial charge in [-0.3, -0.25) is 19.0 Å². The summed E-state index contributed by atoms with van der Waals surface area (Å²) in [5.41, 5.74) is 5.33. The summed E-state index contributed by atoms with van der Waals surface area (Å²) in [5.74, 6) is 0.659. The van der Waals surface area contributed by atoms with E-state index in [0.29, 0.717) is 42.6 Å². The molecule has 6 rings (SSSR count). The maximum Gasteiger partial charge on any atom is 0.330 e. The van der Waals surface area contributed by atoms with E-state index >= 15 is 0 Å². The number of nitrogens with one attached hydrogen (secondary N) is 3. The van der Waals surface area contributed by atoms with Crippen LogP contribution in [0.5, 0.6) is 11.6 Å². The van der Waals surface area contributed by atoms with Crippen molar-refractivity contribution in [1.29, 1.82) is 0 Å². The highest BCUT2D eigenvalue weighted by Gasteiger charge is 2.32. The molecule has 12 nitrogen and oxygen atoms in total. The van der Waals surface area contributed by atoms with Crippen LogP contribution in [0, 0.1) is 13.8 Å². The molecule has 0 saturated carbocycles. The third-order valence-corrected chi connectivity index (χ3v) is 8.80. The average Bonchev–Trinajstić information content (AvgIpc) is 3.66. The highest BCUT2D eigenvalue weighted by molar-refractivity contribution is 6.04. The van der Waals surface area contributed by atoms with Crippen LogP contribution in [0.2, 0.25) is 0 Å². The minimum absolute atomic E-state index is 0.0800. The number of aromatic nitrogens is 3. The third-order valence-electron chi connectivity index (χ3n) is 8.80. The topological polar surface area (TPSA) is 146 Å². The molecular formula is C34H36N6O6. The van der Waals surface area contributed by atoms with Crippen molar-refractivity contribution in [2.75, 3.05) is 25.6 Å². The minimum Gasteiger partial charge on any atom is -0.491 e. The van der Waals surface area contributed by atoms with E-state index in [0.717, 1.165) is 44.4 Å². The van der Waals surface area contributed by atoms with Gasteiger partial charge in [0.1, 0.15) is 17.9 Å². The van der Waals surface area contributed by atoms with E-state index in [1.165, 1.54) is 24.9 Å². The third kappa shape index (κ3) is 5.56. The monoisotopic (exact) mass is 624 g/mol.